The zero-order valence-electron chi connectivity index (χ0n) is 24.1. The van der Waals surface area contributed by atoms with E-state index in [-0.39, 0.29) is 23.7 Å². The van der Waals surface area contributed by atoms with Crippen LogP contribution in [-0.4, -0.2) is 65.0 Å². The molecule has 1 aromatic carbocycles. The molecule has 1 fully saturated rings. The number of likely N-dealkylation sites (tertiary alicyclic amines) is 1. The molecule has 0 bridgehead atoms. The normalized spacial score (nSPS) is 18.2. The van der Waals surface area contributed by atoms with E-state index < -0.39 is 6.23 Å². The van der Waals surface area contributed by atoms with Gasteiger partial charge in [-0.1, -0.05) is 18.9 Å². The number of aryl methyl sites for hydroxylation is 1. The Labute approximate surface area is 240 Å². The minimum atomic E-state index is -0.565. The van der Waals surface area contributed by atoms with Crippen LogP contribution in [0.3, 0.4) is 0 Å². The number of hydrogen-bond donors (Lipinski definition) is 3. The molecule has 10 heteroatoms. The molecule has 0 aliphatic carbocycles. The first kappa shape index (κ1) is 28.6. The number of unbranched alkanes of at least 4 members (excludes halogenated alkanes) is 2. The summed E-state index contributed by atoms with van der Waals surface area (Å²) in [6.07, 6.45) is 9.75. The average molecular weight is 561 g/mol. The third kappa shape index (κ3) is 7.05. The van der Waals surface area contributed by atoms with Gasteiger partial charge in [0.1, 0.15) is 17.8 Å². The number of aromatic nitrogens is 3. The van der Waals surface area contributed by atoms with Crippen LogP contribution in [0.2, 0.25) is 0 Å². The molecule has 2 aliphatic rings. The van der Waals surface area contributed by atoms with E-state index in [4.69, 9.17) is 14.5 Å². The summed E-state index contributed by atoms with van der Waals surface area (Å²) in [5.74, 6) is 1.56. The molecule has 41 heavy (non-hydrogen) atoms. The van der Waals surface area contributed by atoms with E-state index in [0.717, 1.165) is 85.3 Å². The number of nitrogens with zero attached hydrogens (tertiary/aromatic N) is 3. The number of nitrogens with one attached hydrogen (secondary N) is 3. The summed E-state index contributed by atoms with van der Waals surface area (Å²) in [7, 11) is 3.74. The number of H-pyrrole nitrogens is 1. The maximum atomic E-state index is 13.3. The van der Waals surface area contributed by atoms with Crippen molar-refractivity contribution in [1.29, 1.82) is 0 Å². The molecule has 1 saturated heterocycles. The zero-order chi connectivity index (χ0) is 28.8. The quantitative estimate of drug-likeness (QED) is 0.279. The fourth-order valence-electron chi connectivity index (χ4n) is 5.53. The number of amides is 1. The summed E-state index contributed by atoms with van der Waals surface area (Å²) in [6, 6.07) is 7.79. The maximum Gasteiger partial charge on any atom is 0.228 e. The third-order valence-electron chi connectivity index (χ3n) is 8.01. The van der Waals surface area contributed by atoms with Crippen LogP contribution in [0.25, 0.3) is 22.2 Å². The number of pyridine rings is 1. The lowest BCUT2D eigenvalue weighted by molar-refractivity contribution is -0.128. The van der Waals surface area contributed by atoms with Crippen molar-refractivity contribution in [2.45, 2.75) is 64.1 Å². The number of ether oxygens (including phenoxy) is 2. The van der Waals surface area contributed by atoms with Crippen molar-refractivity contribution in [3.8, 4) is 17.0 Å². The SMILES string of the molecule is COc1cc2nc(C)ccc2cc1-c1cnc([C@H](CCCCCC(=O)C2NC=CO2)NC(=O)C2CCN(C)CC2)[nH]1. The molecule has 0 saturated carbocycles. The summed E-state index contributed by atoms with van der Waals surface area (Å²) >= 11 is 0. The Morgan fingerprint density at radius 1 is 1.20 bits per heavy atom. The van der Waals surface area contributed by atoms with E-state index >= 15 is 0 Å². The molecule has 10 nitrogen and oxygen atoms in total. The Morgan fingerprint density at radius 3 is 2.78 bits per heavy atom. The molecule has 1 amide bonds. The minimum absolute atomic E-state index is 0.00446. The molecule has 2 aliphatic heterocycles. The standard InChI is InChI=1S/C31H40N6O4/c1-20-9-10-22-17-23(28(40-3)18-25(22)34-20)26-19-33-29(35-26)24(36-30(39)21-11-14-37(2)15-12-21)7-5-4-6-8-27(38)31-32-13-16-41-31/h9-10,13,16-19,21,24,31-32H,4-8,11-12,14-15H2,1-3H3,(H,33,35)(H,36,39)/t24-,31?/m0/s1. The number of hydrogen-bond acceptors (Lipinski definition) is 8. The highest BCUT2D eigenvalue weighted by molar-refractivity contribution is 5.87. The number of methoxy groups -OCH3 is 1. The molecule has 4 heterocycles. The fraction of sp³-hybridized carbons (Fsp3) is 0.484. The monoisotopic (exact) mass is 560 g/mol. The largest absolute Gasteiger partial charge is 0.496 e. The fourth-order valence-corrected chi connectivity index (χ4v) is 5.53. The van der Waals surface area contributed by atoms with Crippen LogP contribution in [0.4, 0.5) is 0 Å². The smallest absolute Gasteiger partial charge is 0.228 e. The first-order valence-corrected chi connectivity index (χ1v) is 14.5. The van der Waals surface area contributed by atoms with Crippen molar-refractivity contribution in [3.63, 3.8) is 0 Å². The Morgan fingerprint density at radius 2 is 2.02 bits per heavy atom. The van der Waals surface area contributed by atoms with Gasteiger partial charge in [-0.3, -0.25) is 14.6 Å². The Kier molecular flexibility index (Phi) is 9.18. The van der Waals surface area contributed by atoms with E-state index in [1.54, 1.807) is 19.5 Å². The van der Waals surface area contributed by atoms with Crippen molar-refractivity contribution in [3.05, 3.63) is 54.4 Å². The van der Waals surface area contributed by atoms with Gasteiger partial charge in [-0.05, 0) is 64.9 Å². The van der Waals surface area contributed by atoms with Gasteiger partial charge in [0, 0.05) is 41.2 Å². The number of carbonyl (C=O) groups excluding carboxylic acids is 2. The summed E-state index contributed by atoms with van der Waals surface area (Å²) in [5.41, 5.74) is 3.53. The van der Waals surface area contributed by atoms with Gasteiger partial charge in [0.05, 0.1) is 30.6 Å². The molecule has 218 valence electrons. The van der Waals surface area contributed by atoms with Crippen LogP contribution in [0.15, 0.2) is 42.9 Å². The number of imidazole rings is 1. The molecule has 3 aromatic rings. The number of piperidine rings is 1. The van der Waals surface area contributed by atoms with Crippen molar-refractivity contribution < 1.29 is 19.1 Å². The number of benzene rings is 1. The molecule has 2 atom stereocenters. The molecule has 2 aromatic heterocycles. The Balaban J connectivity index is 1.29. The predicted octanol–water partition coefficient (Wildman–Crippen LogP) is 4.38. The number of ketones is 1. The lowest BCUT2D eigenvalue weighted by atomic mass is 9.95. The van der Waals surface area contributed by atoms with Crippen LogP contribution in [0, 0.1) is 12.8 Å². The van der Waals surface area contributed by atoms with Gasteiger partial charge in [0.15, 0.2) is 5.78 Å². The molecular formula is C31H40N6O4. The van der Waals surface area contributed by atoms with Crippen molar-refractivity contribution in [1.82, 2.24) is 30.5 Å². The Bertz CT molecular complexity index is 1390. The number of carbonyl (C=O) groups is 2. The average Bonchev–Trinajstić information content (AvgIpc) is 3.69. The van der Waals surface area contributed by atoms with Gasteiger partial charge in [0.2, 0.25) is 12.1 Å². The second-order valence-corrected chi connectivity index (χ2v) is 11.1. The van der Waals surface area contributed by atoms with Gasteiger partial charge >= 0.3 is 0 Å². The van der Waals surface area contributed by atoms with Crippen LogP contribution in [0.5, 0.6) is 5.75 Å². The van der Waals surface area contributed by atoms with Gasteiger partial charge in [-0.25, -0.2) is 4.98 Å². The minimum Gasteiger partial charge on any atom is -0.496 e. The lowest BCUT2D eigenvalue weighted by Crippen LogP contribution is -2.40. The summed E-state index contributed by atoms with van der Waals surface area (Å²) < 4.78 is 11.0. The van der Waals surface area contributed by atoms with Crippen molar-refractivity contribution in [2.24, 2.45) is 5.92 Å². The molecule has 5 rings (SSSR count). The summed E-state index contributed by atoms with van der Waals surface area (Å²) in [4.78, 5) is 40.6. The summed E-state index contributed by atoms with van der Waals surface area (Å²) in [6.45, 7) is 3.82. The molecule has 0 radical (unpaired) electrons. The van der Waals surface area contributed by atoms with Crippen LogP contribution < -0.4 is 15.4 Å². The molecular weight excluding hydrogens is 520 g/mol. The van der Waals surface area contributed by atoms with E-state index in [0.29, 0.717) is 12.2 Å². The van der Waals surface area contributed by atoms with Gasteiger partial charge in [-0.2, -0.15) is 0 Å². The lowest BCUT2D eigenvalue weighted by Gasteiger charge is -2.29. The highest BCUT2D eigenvalue weighted by Crippen LogP contribution is 2.34. The first-order chi connectivity index (χ1) is 19.9. The maximum absolute atomic E-state index is 13.3. The zero-order valence-corrected chi connectivity index (χ0v) is 24.1. The highest BCUT2D eigenvalue weighted by atomic mass is 16.5. The Hall–Kier alpha value is -3.92. The van der Waals surface area contributed by atoms with E-state index in [1.165, 1.54) is 6.26 Å². The van der Waals surface area contributed by atoms with Crippen molar-refractivity contribution in [2.75, 3.05) is 27.2 Å². The van der Waals surface area contributed by atoms with Gasteiger partial charge < -0.3 is 30.0 Å². The molecule has 3 N–H and O–H groups in total. The second kappa shape index (κ2) is 13.2. The van der Waals surface area contributed by atoms with E-state index in [9.17, 15) is 9.59 Å². The van der Waals surface area contributed by atoms with Gasteiger partial charge in [-0.15, -0.1) is 0 Å². The van der Waals surface area contributed by atoms with Gasteiger partial charge in [0.25, 0.3) is 0 Å². The second-order valence-electron chi connectivity index (χ2n) is 11.1. The third-order valence-corrected chi connectivity index (χ3v) is 8.01. The predicted molar refractivity (Wildman–Crippen MR) is 157 cm³/mol. The number of aromatic amines is 1. The molecule has 0 spiro atoms. The van der Waals surface area contributed by atoms with E-state index in [1.807, 2.05) is 19.1 Å². The molecule has 1 unspecified atom stereocenters. The highest BCUT2D eigenvalue weighted by Gasteiger charge is 2.27. The van der Waals surface area contributed by atoms with E-state index in [2.05, 4.69) is 44.7 Å². The number of fused-ring (bicyclic) bond motifs is 1. The number of rotatable bonds is 12. The number of Topliss-reactive ketones (excluding diaryl/α,β-unsaturated/α-hetero) is 1. The van der Waals surface area contributed by atoms with Crippen LogP contribution in [-0.2, 0) is 14.3 Å². The summed E-state index contributed by atoms with van der Waals surface area (Å²) in [5, 5.41) is 7.21. The topological polar surface area (TPSA) is 121 Å². The first-order valence-electron chi connectivity index (χ1n) is 14.5. The van der Waals surface area contributed by atoms with Crippen LogP contribution >= 0.6 is 0 Å². The van der Waals surface area contributed by atoms with Crippen molar-refractivity contribution >= 4 is 22.6 Å². The van der Waals surface area contributed by atoms with Crippen LogP contribution in [0.1, 0.15) is 62.5 Å².